The SMILES string of the molecule is C#CCSc1cc(=O)sc2ccccc12. The summed E-state index contributed by atoms with van der Waals surface area (Å²) >= 11 is 2.80. The minimum Gasteiger partial charge on any atom is -0.278 e. The number of hydrogen-bond acceptors (Lipinski definition) is 3. The van der Waals surface area contributed by atoms with E-state index in [-0.39, 0.29) is 4.74 Å². The molecule has 2 aromatic rings. The van der Waals surface area contributed by atoms with Crippen LogP contribution in [-0.4, -0.2) is 5.75 Å². The van der Waals surface area contributed by atoms with E-state index >= 15 is 0 Å². The molecular formula is C12H8OS2. The third-order valence-corrected chi connectivity index (χ3v) is 3.78. The zero-order chi connectivity index (χ0) is 10.7. The van der Waals surface area contributed by atoms with Gasteiger partial charge in [0.25, 0.3) is 0 Å². The molecule has 0 N–H and O–H groups in total. The number of benzene rings is 1. The van der Waals surface area contributed by atoms with Crippen LogP contribution in [0, 0.1) is 12.3 Å². The van der Waals surface area contributed by atoms with E-state index in [4.69, 9.17) is 6.42 Å². The lowest BCUT2D eigenvalue weighted by atomic mass is 10.2. The van der Waals surface area contributed by atoms with Gasteiger partial charge in [-0.2, -0.15) is 0 Å². The largest absolute Gasteiger partial charge is 0.278 e. The maximum absolute atomic E-state index is 11.4. The summed E-state index contributed by atoms with van der Waals surface area (Å²) in [5, 5.41) is 1.11. The van der Waals surface area contributed by atoms with Crippen molar-refractivity contribution in [2.24, 2.45) is 0 Å². The molecule has 0 radical (unpaired) electrons. The molecule has 0 aliphatic rings. The van der Waals surface area contributed by atoms with Gasteiger partial charge in [0, 0.05) is 21.0 Å². The molecule has 0 saturated carbocycles. The Labute approximate surface area is 96.1 Å². The molecular weight excluding hydrogens is 224 g/mol. The summed E-state index contributed by atoms with van der Waals surface area (Å²) in [5.74, 6) is 3.16. The van der Waals surface area contributed by atoms with Crippen molar-refractivity contribution in [1.82, 2.24) is 0 Å². The van der Waals surface area contributed by atoms with Crippen molar-refractivity contribution < 1.29 is 0 Å². The molecule has 1 heterocycles. The summed E-state index contributed by atoms with van der Waals surface area (Å²) in [6, 6.07) is 9.55. The first-order valence-electron chi connectivity index (χ1n) is 4.40. The highest BCUT2D eigenvalue weighted by Gasteiger charge is 2.02. The number of thioether (sulfide) groups is 1. The summed E-state index contributed by atoms with van der Waals surface area (Å²) in [5.41, 5.74) is 0. The van der Waals surface area contributed by atoms with E-state index in [0.29, 0.717) is 5.75 Å². The molecule has 1 aromatic heterocycles. The van der Waals surface area contributed by atoms with E-state index in [0.717, 1.165) is 15.0 Å². The molecule has 3 heteroatoms. The van der Waals surface area contributed by atoms with E-state index in [1.54, 1.807) is 6.07 Å². The fourth-order valence-electron chi connectivity index (χ4n) is 1.32. The van der Waals surface area contributed by atoms with E-state index < -0.39 is 0 Å². The lowest BCUT2D eigenvalue weighted by Gasteiger charge is -2.02. The number of rotatable bonds is 2. The average molecular weight is 232 g/mol. The third kappa shape index (κ3) is 2.23. The fraction of sp³-hybridized carbons (Fsp3) is 0.0833. The molecule has 0 aliphatic heterocycles. The lowest BCUT2D eigenvalue weighted by Crippen LogP contribution is -1.92. The number of hydrogen-bond donors (Lipinski definition) is 0. The Morgan fingerprint density at radius 3 is 3.00 bits per heavy atom. The van der Waals surface area contributed by atoms with E-state index in [9.17, 15) is 4.79 Å². The van der Waals surface area contributed by atoms with Gasteiger partial charge in [-0.05, 0) is 6.07 Å². The first kappa shape index (κ1) is 10.3. The van der Waals surface area contributed by atoms with Crippen LogP contribution in [0.2, 0.25) is 0 Å². The van der Waals surface area contributed by atoms with Gasteiger partial charge in [0.05, 0.1) is 5.75 Å². The summed E-state index contributed by atoms with van der Waals surface area (Å²) < 4.78 is 1.10. The van der Waals surface area contributed by atoms with Gasteiger partial charge < -0.3 is 0 Å². The van der Waals surface area contributed by atoms with Crippen LogP contribution in [0.15, 0.2) is 40.0 Å². The smallest absolute Gasteiger partial charge is 0.234 e. The summed E-state index contributed by atoms with van der Waals surface area (Å²) in [6.45, 7) is 0. The van der Waals surface area contributed by atoms with Gasteiger partial charge in [0.2, 0.25) is 4.74 Å². The van der Waals surface area contributed by atoms with Gasteiger partial charge in [-0.25, -0.2) is 0 Å². The monoisotopic (exact) mass is 232 g/mol. The van der Waals surface area contributed by atoms with Crippen LogP contribution < -0.4 is 4.74 Å². The minimum atomic E-state index is 0.0771. The maximum Gasteiger partial charge on any atom is 0.234 e. The summed E-state index contributed by atoms with van der Waals surface area (Å²) in [4.78, 5) is 12.4. The molecule has 0 fully saturated rings. The zero-order valence-corrected chi connectivity index (χ0v) is 9.53. The second kappa shape index (κ2) is 4.52. The van der Waals surface area contributed by atoms with Gasteiger partial charge in [-0.3, -0.25) is 4.79 Å². The highest BCUT2D eigenvalue weighted by molar-refractivity contribution is 7.99. The predicted molar refractivity (Wildman–Crippen MR) is 67.7 cm³/mol. The summed E-state index contributed by atoms with van der Waals surface area (Å²) in [7, 11) is 0. The molecule has 0 aliphatic carbocycles. The topological polar surface area (TPSA) is 17.1 Å². The van der Waals surface area contributed by atoms with Crippen LogP contribution in [0.4, 0.5) is 0 Å². The molecule has 0 saturated heterocycles. The quantitative estimate of drug-likeness (QED) is 0.585. The van der Waals surface area contributed by atoms with E-state index in [2.05, 4.69) is 5.92 Å². The number of fused-ring (bicyclic) bond motifs is 1. The van der Waals surface area contributed by atoms with Crippen molar-refractivity contribution in [3.63, 3.8) is 0 Å². The molecule has 74 valence electrons. The second-order valence-corrected chi connectivity index (χ2v) is 4.98. The second-order valence-electron chi connectivity index (χ2n) is 2.92. The van der Waals surface area contributed by atoms with Crippen molar-refractivity contribution in [3.05, 3.63) is 39.9 Å². The highest BCUT2D eigenvalue weighted by Crippen LogP contribution is 2.27. The molecule has 15 heavy (non-hydrogen) atoms. The lowest BCUT2D eigenvalue weighted by molar-refractivity contribution is 1.55. The third-order valence-electron chi connectivity index (χ3n) is 1.92. The number of terminal acetylenes is 1. The first-order valence-corrected chi connectivity index (χ1v) is 6.20. The van der Waals surface area contributed by atoms with Crippen LogP contribution in [0.5, 0.6) is 0 Å². The Balaban J connectivity index is 2.62. The van der Waals surface area contributed by atoms with Crippen LogP contribution in [-0.2, 0) is 0 Å². The van der Waals surface area contributed by atoms with Gasteiger partial charge >= 0.3 is 0 Å². The zero-order valence-electron chi connectivity index (χ0n) is 7.90. The predicted octanol–water partition coefficient (Wildman–Crippen LogP) is 2.99. The van der Waals surface area contributed by atoms with Crippen molar-refractivity contribution in [3.8, 4) is 12.3 Å². The maximum atomic E-state index is 11.4. The van der Waals surface area contributed by atoms with Crippen molar-refractivity contribution in [1.29, 1.82) is 0 Å². The van der Waals surface area contributed by atoms with Gasteiger partial charge in [0.15, 0.2) is 0 Å². The van der Waals surface area contributed by atoms with Crippen molar-refractivity contribution >= 4 is 33.2 Å². The Morgan fingerprint density at radius 1 is 1.40 bits per heavy atom. The molecule has 0 amide bonds. The molecule has 1 nitrogen and oxygen atoms in total. The Hall–Kier alpha value is -1.24. The van der Waals surface area contributed by atoms with Crippen molar-refractivity contribution in [2.75, 3.05) is 5.75 Å². The van der Waals surface area contributed by atoms with Crippen LogP contribution >= 0.6 is 23.1 Å². The highest BCUT2D eigenvalue weighted by atomic mass is 32.2. The molecule has 2 rings (SSSR count). The molecule has 0 spiro atoms. The summed E-state index contributed by atoms with van der Waals surface area (Å²) in [6.07, 6.45) is 5.21. The Bertz CT molecular complexity index is 578. The molecule has 0 atom stereocenters. The Morgan fingerprint density at radius 2 is 2.20 bits per heavy atom. The standard InChI is InChI=1S/C12H8OS2/c1-2-7-14-11-8-12(13)15-10-6-4-3-5-9(10)11/h1,3-6,8H,7H2. The van der Waals surface area contributed by atoms with E-state index in [1.807, 2.05) is 24.3 Å². The van der Waals surface area contributed by atoms with Crippen molar-refractivity contribution in [2.45, 2.75) is 4.90 Å². The Kier molecular flexibility index (Phi) is 3.10. The average Bonchev–Trinajstić information content (AvgIpc) is 2.25. The minimum absolute atomic E-state index is 0.0771. The van der Waals surface area contributed by atoms with Crippen LogP contribution in [0.25, 0.3) is 10.1 Å². The molecule has 0 bridgehead atoms. The molecule has 1 aromatic carbocycles. The first-order chi connectivity index (χ1) is 7.31. The van der Waals surface area contributed by atoms with Crippen LogP contribution in [0.1, 0.15) is 0 Å². The molecule has 0 unspecified atom stereocenters. The van der Waals surface area contributed by atoms with Gasteiger partial charge in [-0.15, -0.1) is 18.2 Å². The van der Waals surface area contributed by atoms with Crippen LogP contribution in [0.3, 0.4) is 0 Å². The normalized spacial score (nSPS) is 10.1. The van der Waals surface area contributed by atoms with E-state index in [1.165, 1.54) is 23.1 Å². The fourth-order valence-corrected chi connectivity index (χ4v) is 3.05. The van der Waals surface area contributed by atoms with Gasteiger partial charge in [0.1, 0.15) is 0 Å². The van der Waals surface area contributed by atoms with Gasteiger partial charge in [-0.1, -0.05) is 35.5 Å².